The lowest BCUT2D eigenvalue weighted by Gasteiger charge is -2.31. The number of esters is 1. The Kier molecular flexibility index (Phi) is 9.43. The summed E-state index contributed by atoms with van der Waals surface area (Å²) < 4.78 is 92.5. The van der Waals surface area contributed by atoms with Gasteiger partial charge in [-0.25, -0.2) is 13.9 Å². The predicted molar refractivity (Wildman–Crippen MR) is 133 cm³/mol. The van der Waals surface area contributed by atoms with Crippen LogP contribution in [-0.4, -0.2) is 63.6 Å². The quantitative estimate of drug-likeness (QED) is 0.173. The van der Waals surface area contributed by atoms with Gasteiger partial charge < -0.3 is 24.8 Å². The standard InChI is InChI=1S/C23H28F4N3O7PS/c1-13(2)35-19(32)14(3)12-38(33,37-15-7-5-4-6-8-15)34-11-16-18(31)22(24,23(25,26)27)20(36-16)30-10-9-17(28)29-21(30)39/h4-10,13-14,16,18,20,31H,11-12H2,1-3H3,(H2,28,29,39)/t14-,16-,18+,20-,22?,38?/m1/s1. The molecule has 0 amide bonds. The molecule has 39 heavy (non-hydrogen) atoms. The molecule has 1 aliphatic heterocycles. The first-order valence-electron chi connectivity index (χ1n) is 11.7. The molecular weight excluding hydrogens is 569 g/mol. The lowest BCUT2D eigenvalue weighted by molar-refractivity contribution is -0.273. The molecule has 0 aliphatic carbocycles. The van der Waals surface area contributed by atoms with E-state index in [0.29, 0.717) is 4.57 Å². The van der Waals surface area contributed by atoms with Gasteiger partial charge >= 0.3 is 19.7 Å². The van der Waals surface area contributed by atoms with Crippen molar-refractivity contribution in [1.82, 2.24) is 9.55 Å². The largest absolute Gasteiger partial charge is 0.463 e. The second-order valence-corrected chi connectivity index (χ2v) is 11.6. The molecule has 3 rings (SSSR count). The topological polar surface area (TPSA) is 135 Å². The minimum absolute atomic E-state index is 0.0745. The maximum atomic E-state index is 15.7. The Bertz CT molecular complexity index is 1270. The van der Waals surface area contributed by atoms with Gasteiger partial charge in [-0.15, -0.1) is 0 Å². The number of anilines is 1. The fraction of sp³-hybridized carbons (Fsp3) is 0.522. The number of aromatic nitrogens is 2. The second-order valence-electron chi connectivity index (χ2n) is 9.16. The van der Waals surface area contributed by atoms with Crippen molar-refractivity contribution in [3.05, 3.63) is 47.4 Å². The van der Waals surface area contributed by atoms with Gasteiger partial charge in [-0.05, 0) is 44.3 Å². The molecule has 10 nitrogen and oxygen atoms in total. The second kappa shape index (κ2) is 11.9. The van der Waals surface area contributed by atoms with Gasteiger partial charge in [-0.2, -0.15) is 13.2 Å². The van der Waals surface area contributed by atoms with E-state index < -0.39 is 73.4 Å². The van der Waals surface area contributed by atoms with Crippen molar-refractivity contribution in [2.45, 2.75) is 57.2 Å². The number of para-hydroxylation sites is 1. The number of nitrogen functional groups attached to an aromatic ring is 1. The summed E-state index contributed by atoms with van der Waals surface area (Å²) in [5.74, 6) is -1.79. The Morgan fingerprint density at radius 2 is 1.92 bits per heavy atom. The van der Waals surface area contributed by atoms with Crippen molar-refractivity contribution in [2.75, 3.05) is 18.5 Å². The molecule has 216 valence electrons. The van der Waals surface area contributed by atoms with Crippen LogP contribution in [0.15, 0.2) is 42.6 Å². The number of hydrogen-bond acceptors (Lipinski definition) is 10. The number of carbonyl (C=O) groups excluding carboxylic acids is 1. The van der Waals surface area contributed by atoms with Gasteiger partial charge in [-0.1, -0.05) is 25.1 Å². The number of aliphatic hydroxyl groups excluding tert-OH is 1. The number of hydrogen-bond donors (Lipinski definition) is 2. The maximum absolute atomic E-state index is 15.7. The first-order chi connectivity index (χ1) is 18.1. The summed E-state index contributed by atoms with van der Waals surface area (Å²) in [7, 11) is -4.32. The number of nitrogens with two attached hydrogens (primary N) is 1. The molecule has 2 heterocycles. The first-order valence-corrected chi connectivity index (χ1v) is 13.8. The van der Waals surface area contributed by atoms with Crippen LogP contribution in [0.4, 0.5) is 23.4 Å². The Morgan fingerprint density at radius 1 is 1.28 bits per heavy atom. The third-order valence-corrected chi connectivity index (χ3v) is 7.99. The molecule has 0 bridgehead atoms. The van der Waals surface area contributed by atoms with Crippen molar-refractivity contribution >= 4 is 31.6 Å². The first kappa shape index (κ1) is 31.0. The van der Waals surface area contributed by atoms with Gasteiger partial charge in [0.15, 0.2) is 6.23 Å². The van der Waals surface area contributed by atoms with E-state index >= 15 is 4.39 Å². The van der Waals surface area contributed by atoms with Gasteiger partial charge in [-0.3, -0.25) is 13.9 Å². The molecule has 1 aliphatic rings. The number of rotatable bonds is 10. The average Bonchev–Trinajstić information content (AvgIpc) is 3.09. The Hall–Kier alpha value is -2.58. The average molecular weight is 598 g/mol. The van der Waals surface area contributed by atoms with E-state index in [2.05, 4.69) is 4.98 Å². The summed E-state index contributed by atoms with van der Waals surface area (Å²) >= 11 is 4.91. The third-order valence-electron chi connectivity index (χ3n) is 5.66. The molecule has 0 radical (unpaired) electrons. The van der Waals surface area contributed by atoms with Gasteiger partial charge in [0.2, 0.25) is 4.77 Å². The molecule has 1 aromatic carbocycles. The Labute approximate surface area is 226 Å². The van der Waals surface area contributed by atoms with Gasteiger partial charge in [0.05, 0.1) is 24.8 Å². The molecule has 0 saturated carbocycles. The van der Waals surface area contributed by atoms with E-state index in [0.717, 1.165) is 12.3 Å². The highest BCUT2D eigenvalue weighted by atomic mass is 32.1. The molecule has 3 N–H and O–H groups in total. The highest BCUT2D eigenvalue weighted by Crippen LogP contribution is 2.54. The van der Waals surface area contributed by atoms with Crippen LogP contribution in [0.2, 0.25) is 0 Å². The number of halogens is 4. The lowest BCUT2D eigenvalue weighted by atomic mass is 9.95. The summed E-state index contributed by atoms with van der Waals surface area (Å²) in [6, 6.07) is 8.74. The van der Waals surface area contributed by atoms with E-state index in [-0.39, 0.29) is 11.6 Å². The van der Waals surface area contributed by atoms with Crippen molar-refractivity contribution in [2.24, 2.45) is 5.92 Å². The van der Waals surface area contributed by atoms with E-state index in [1.165, 1.54) is 19.1 Å². The number of benzene rings is 1. The van der Waals surface area contributed by atoms with Gasteiger partial charge in [0.25, 0.3) is 5.67 Å². The summed E-state index contributed by atoms with van der Waals surface area (Å²) in [5.41, 5.74) is 1.13. The minimum atomic E-state index is -5.62. The van der Waals surface area contributed by atoms with Crippen LogP contribution in [-0.2, 0) is 23.4 Å². The van der Waals surface area contributed by atoms with E-state index in [1.807, 2.05) is 0 Å². The molecule has 1 aromatic heterocycles. The molecule has 6 atom stereocenters. The van der Waals surface area contributed by atoms with Crippen molar-refractivity contribution in [3.8, 4) is 5.75 Å². The summed E-state index contributed by atoms with van der Waals surface area (Å²) in [5, 5.41) is 10.5. The highest BCUT2D eigenvalue weighted by molar-refractivity contribution is 7.71. The van der Waals surface area contributed by atoms with Gasteiger partial charge in [0.1, 0.15) is 23.8 Å². The normalized spacial score (nSPS) is 25.7. The number of aliphatic hydroxyl groups is 1. The maximum Gasteiger partial charge on any atom is 0.429 e. The zero-order valence-electron chi connectivity index (χ0n) is 21.1. The van der Waals surface area contributed by atoms with E-state index in [1.54, 1.807) is 32.0 Å². The summed E-state index contributed by atoms with van der Waals surface area (Å²) in [6.07, 6.45) is -13.0. The number of alkyl halides is 4. The molecule has 1 saturated heterocycles. The molecule has 2 aromatic rings. The van der Waals surface area contributed by atoms with Crippen LogP contribution in [0.5, 0.6) is 5.75 Å². The third kappa shape index (κ3) is 6.95. The Balaban J connectivity index is 1.89. The number of ether oxygens (including phenoxy) is 2. The fourth-order valence-electron chi connectivity index (χ4n) is 3.77. The lowest BCUT2D eigenvalue weighted by Crippen LogP contribution is -2.54. The van der Waals surface area contributed by atoms with Gasteiger partial charge in [0, 0.05) is 6.20 Å². The highest BCUT2D eigenvalue weighted by Gasteiger charge is 2.73. The van der Waals surface area contributed by atoms with Crippen LogP contribution in [0.3, 0.4) is 0 Å². The monoisotopic (exact) mass is 597 g/mol. The smallest absolute Gasteiger partial charge is 0.429 e. The van der Waals surface area contributed by atoms with Crippen molar-refractivity contribution in [3.63, 3.8) is 0 Å². The zero-order valence-corrected chi connectivity index (χ0v) is 22.8. The summed E-state index contributed by atoms with van der Waals surface area (Å²) in [4.78, 5) is 16.0. The minimum Gasteiger partial charge on any atom is -0.463 e. The van der Waals surface area contributed by atoms with Crippen molar-refractivity contribution < 1.29 is 50.5 Å². The molecule has 2 unspecified atom stereocenters. The van der Waals surface area contributed by atoms with Crippen LogP contribution >= 0.6 is 19.8 Å². The molecule has 16 heteroatoms. The Morgan fingerprint density at radius 3 is 2.49 bits per heavy atom. The number of nitrogens with zero attached hydrogens (tertiary/aromatic N) is 2. The zero-order chi connectivity index (χ0) is 29.2. The van der Waals surface area contributed by atoms with Crippen LogP contribution < -0.4 is 10.3 Å². The SMILES string of the molecule is CC(C)OC(=O)[C@H](C)CP(=O)(OC[C@H]1O[C@@H](n2ccc(N)nc2=S)C(F)(C(F)(F)F)[C@H]1O)Oc1ccccc1. The van der Waals surface area contributed by atoms with E-state index in [9.17, 15) is 27.6 Å². The summed E-state index contributed by atoms with van der Waals surface area (Å²) in [6.45, 7) is 3.63. The molecule has 0 spiro atoms. The molecular formula is C23H28F4N3O7PS. The van der Waals surface area contributed by atoms with Crippen LogP contribution in [0.25, 0.3) is 0 Å². The van der Waals surface area contributed by atoms with E-state index in [4.69, 9.17) is 36.5 Å². The van der Waals surface area contributed by atoms with Crippen LogP contribution in [0.1, 0.15) is 27.0 Å². The number of carbonyl (C=O) groups is 1. The fourth-order valence-corrected chi connectivity index (χ4v) is 5.90. The predicted octanol–water partition coefficient (Wildman–Crippen LogP) is 4.60. The molecule has 1 fully saturated rings. The van der Waals surface area contributed by atoms with Crippen LogP contribution in [0, 0.1) is 10.7 Å². The van der Waals surface area contributed by atoms with Crippen molar-refractivity contribution in [1.29, 1.82) is 0 Å².